The number of carbonyl (C=O) groups excluding carboxylic acids is 1. The van der Waals surface area contributed by atoms with Gasteiger partial charge in [-0.2, -0.15) is 0 Å². The van der Waals surface area contributed by atoms with Gasteiger partial charge in [0.05, 0.1) is 5.69 Å². The van der Waals surface area contributed by atoms with Gasteiger partial charge in [0.1, 0.15) is 11.4 Å². The van der Waals surface area contributed by atoms with Gasteiger partial charge in [0.2, 0.25) is 0 Å². The van der Waals surface area contributed by atoms with Gasteiger partial charge in [-0.15, -0.1) is 0 Å². The van der Waals surface area contributed by atoms with Crippen LogP contribution in [-0.2, 0) is 4.74 Å². The van der Waals surface area contributed by atoms with E-state index in [1.807, 2.05) is 6.07 Å². The molecule has 20 heavy (non-hydrogen) atoms. The number of likely N-dealkylation sites (N-methyl/N-ethyl adjacent to an activating group) is 1. The number of nitrogens with zero attached hydrogens (tertiary/aromatic N) is 2. The predicted molar refractivity (Wildman–Crippen MR) is 76.0 cm³/mol. The summed E-state index contributed by atoms with van der Waals surface area (Å²) in [6.07, 6.45) is 2.53. The molecule has 1 N–H and O–H groups in total. The highest BCUT2D eigenvalue weighted by Gasteiger charge is 2.43. The molecule has 0 bridgehead atoms. The van der Waals surface area contributed by atoms with Crippen LogP contribution in [0.15, 0.2) is 24.3 Å². The summed E-state index contributed by atoms with van der Waals surface area (Å²) >= 11 is 0. The molecule has 2 heterocycles. The molecule has 3 rings (SSSR count). The lowest BCUT2D eigenvalue weighted by atomic mass is 9.88. The molecule has 108 valence electrons. The Hall–Kier alpha value is -1.75. The van der Waals surface area contributed by atoms with E-state index < -0.39 is 0 Å². The highest BCUT2D eigenvalue weighted by atomic mass is 16.6. The van der Waals surface area contributed by atoms with Crippen molar-refractivity contribution < 1.29 is 14.6 Å². The first-order valence-corrected chi connectivity index (χ1v) is 7.06. The molecule has 0 aliphatic carbocycles. The van der Waals surface area contributed by atoms with E-state index in [4.69, 9.17) is 4.74 Å². The summed E-state index contributed by atoms with van der Waals surface area (Å²) in [5.74, 6) is 0.160. The Balaban J connectivity index is 1.75. The Kier molecular flexibility index (Phi) is 3.30. The molecule has 5 heteroatoms. The molecule has 2 aliphatic heterocycles. The van der Waals surface area contributed by atoms with E-state index in [0.717, 1.165) is 32.4 Å². The van der Waals surface area contributed by atoms with Gasteiger partial charge in [-0.05, 0) is 38.6 Å². The number of aromatic hydroxyl groups is 1. The minimum absolute atomic E-state index is 0.160. The summed E-state index contributed by atoms with van der Waals surface area (Å²) in [5, 5.41) is 9.52. The van der Waals surface area contributed by atoms with Crippen LogP contribution in [0.25, 0.3) is 0 Å². The maximum absolute atomic E-state index is 12.3. The van der Waals surface area contributed by atoms with Crippen LogP contribution in [0.2, 0.25) is 0 Å². The van der Waals surface area contributed by atoms with Crippen molar-refractivity contribution in [2.45, 2.75) is 24.9 Å². The molecular formula is C15H20N2O3. The summed E-state index contributed by atoms with van der Waals surface area (Å²) in [4.78, 5) is 16.1. The minimum Gasteiger partial charge on any atom is -0.508 e. The van der Waals surface area contributed by atoms with Crippen molar-refractivity contribution in [1.82, 2.24) is 4.90 Å². The Morgan fingerprint density at radius 2 is 2.15 bits per heavy atom. The molecule has 1 amide bonds. The average Bonchev–Trinajstić information content (AvgIpc) is 2.38. The maximum atomic E-state index is 12.3. The van der Waals surface area contributed by atoms with E-state index in [0.29, 0.717) is 12.2 Å². The van der Waals surface area contributed by atoms with Crippen LogP contribution in [0.1, 0.15) is 19.3 Å². The van der Waals surface area contributed by atoms with Crippen molar-refractivity contribution >= 4 is 11.8 Å². The molecule has 2 fully saturated rings. The molecular weight excluding hydrogens is 256 g/mol. The van der Waals surface area contributed by atoms with E-state index >= 15 is 0 Å². The van der Waals surface area contributed by atoms with E-state index in [-0.39, 0.29) is 17.4 Å². The second kappa shape index (κ2) is 4.98. The first-order valence-electron chi connectivity index (χ1n) is 7.06. The van der Waals surface area contributed by atoms with E-state index in [2.05, 4.69) is 11.9 Å². The molecule has 2 aliphatic rings. The highest BCUT2D eigenvalue weighted by molar-refractivity contribution is 5.88. The van der Waals surface area contributed by atoms with Crippen molar-refractivity contribution in [3.63, 3.8) is 0 Å². The smallest absolute Gasteiger partial charge is 0.414 e. The van der Waals surface area contributed by atoms with Crippen molar-refractivity contribution in [2.24, 2.45) is 0 Å². The number of phenols is 1. The largest absolute Gasteiger partial charge is 0.508 e. The van der Waals surface area contributed by atoms with Gasteiger partial charge >= 0.3 is 6.09 Å². The third-order valence-corrected chi connectivity index (χ3v) is 4.19. The second-order valence-corrected chi connectivity index (χ2v) is 5.81. The van der Waals surface area contributed by atoms with Crippen molar-refractivity contribution in [3.8, 4) is 5.75 Å². The molecule has 1 spiro atoms. The van der Waals surface area contributed by atoms with Gasteiger partial charge in [0, 0.05) is 25.6 Å². The molecule has 1 aromatic rings. The zero-order valence-electron chi connectivity index (χ0n) is 11.7. The normalized spacial score (nSPS) is 27.6. The van der Waals surface area contributed by atoms with E-state index in [1.54, 1.807) is 23.1 Å². The maximum Gasteiger partial charge on any atom is 0.414 e. The quantitative estimate of drug-likeness (QED) is 0.854. The van der Waals surface area contributed by atoms with Crippen LogP contribution >= 0.6 is 0 Å². The molecule has 1 aromatic carbocycles. The average molecular weight is 276 g/mol. The molecule has 5 nitrogen and oxygen atoms in total. The molecule has 0 saturated carbocycles. The number of ether oxygens (including phenoxy) is 1. The molecule has 1 atom stereocenters. The van der Waals surface area contributed by atoms with Crippen LogP contribution in [-0.4, -0.2) is 48.4 Å². The van der Waals surface area contributed by atoms with Gasteiger partial charge < -0.3 is 14.7 Å². The SMILES string of the molecule is CN1CCCC2(CCN(c3cccc(O)c3)C(=O)O2)C1. The fourth-order valence-corrected chi connectivity index (χ4v) is 3.20. The van der Waals surface area contributed by atoms with Gasteiger partial charge in [0.15, 0.2) is 0 Å². The summed E-state index contributed by atoms with van der Waals surface area (Å²) in [6, 6.07) is 6.73. The summed E-state index contributed by atoms with van der Waals surface area (Å²) in [6.45, 7) is 2.51. The number of likely N-dealkylation sites (tertiary alicyclic amines) is 1. The van der Waals surface area contributed by atoms with Crippen LogP contribution in [0.5, 0.6) is 5.75 Å². The number of piperidine rings is 1. The van der Waals surface area contributed by atoms with Gasteiger partial charge in [0.25, 0.3) is 0 Å². The number of rotatable bonds is 1. The second-order valence-electron chi connectivity index (χ2n) is 5.81. The van der Waals surface area contributed by atoms with Crippen molar-refractivity contribution in [3.05, 3.63) is 24.3 Å². The van der Waals surface area contributed by atoms with Crippen LogP contribution in [0.4, 0.5) is 10.5 Å². The van der Waals surface area contributed by atoms with Gasteiger partial charge in [-0.1, -0.05) is 6.07 Å². The monoisotopic (exact) mass is 276 g/mol. The van der Waals surface area contributed by atoms with Crippen LogP contribution in [0, 0.1) is 0 Å². The van der Waals surface area contributed by atoms with Crippen molar-refractivity contribution in [2.75, 3.05) is 31.6 Å². The lowest BCUT2D eigenvalue weighted by Gasteiger charge is -2.45. The highest BCUT2D eigenvalue weighted by Crippen LogP contribution is 2.34. The van der Waals surface area contributed by atoms with Crippen molar-refractivity contribution in [1.29, 1.82) is 0 Å². The number of hydrogen-bond donors (Lipinski definition) is 1. The Morgan fingerprint density at radius 3 is 2.85 bits per heavy atom. The zero-order valence-corrected chi connectivity index (χ0v) is 11.7. The lowest BCUT2D eigenvalue weighted by Crippen LogP contribution is -2.56. The Bertz CT molecular complexity index is 520. The lowest BCUT2D eigenvalue weighted by molar-refractivity contribution is -0.0499. The molecule has 0 radical (unpaired) electrons. The molecule has 2 saturated heterocycles. The number of carbonyl (C=O) groups is 1. The zero-order chi connectivity index (χ0) is 14.2. The van der Waals surface area contributed by atoms with Gasteiger partial charge in [-0.3, -0.25) is 4.90 Å². The first-order chi connectivity index (χ1) is 9.58. The number of anilines is 1. The third kappa shape index (κ3) is 2.45. The standard InChI is InChI=1S/C15H20N2O3/c1-16-8-3-6-15(11-16)7-9-17(14(19)20-15)12-4-2-5-13(18)10-12/h2,4-5,10,18H,3,6-9,11H2,1H3. The Labute approximate surface area is 118 Å². The Morgan fingerprint density at radius 1 is 1.30 bits per heavy atom. The van der Waals surface area contributed by atoms with E-state index in [9.17, 15) is 9.90 Å². The summed E-state index contributed by atoms with van der Waals surface area (Å²) < 4.78 is 5.76. The number of phenolic OH excluding ortho intramolecular Hbond substituents is 1. The first kappa shape index (κ1) is 13.2. The minimum atomic E-state index is -0.322. The molecule has 0 aromatic heterocycles. The third-order valence-electron chi connectivity index (χ3n) is 4.19. The summed E-state index contributed by atoms with van der Waals surface area (Å²) in [5.41, 5.74) is 0.367. The number of amides is 1. The van der Waals surface area contributed by atoms with Crippen LogP contribution in [0.3, 0.4) is 0 Å². The predicted octanol–water partition coefficient (Wildman–Crippen LogP) is 2.20. The van der Waals surface area contributed by atoms with Crippen LogP contribution < -0.4 is 4.90 Å². The summed E-state index contributed by atoms with van der Waals surface area (Å²) in [7, 11) is 2.07. The number of hydrogen-bond acceptors (Lipinski definition) is 4. The van der Waals surface area contributed by atoms with E-state index in [1.165, 1.54) is 0 Å². The fraction of sp³-hybridized carbons (Fsp3) is 0.533. The number of benzene rings is 1. The topological polar surface area (TPSA) is 53.0 Å². The van der Waals surface area contributed by atoms with Gasteiger partial charge in [-0.25, -0.2) is 4.79 Å². The molecule has 1 unspecified atom stereocenters. The fourth-order valence-electron chi connectivity index (χ4n) is 3.20.